The van der Waals surface area contributed by atoms with Gasteiger partial charge >= 0.3 is 5.69 Å². The first kappa shape index (κ1) is 7.78. The lowest BCUT2D eigenvalue weighted by molar-refractivity contribution is 0.556. The molecule has 2 rings (SSSR count). The Morgan fingerprint density at radius 2 is 2.00 bits per heavy atom. The van der Waals surface area contributed by atoms with Gasteiger partial charge in [0.25, 0.3) is 5.56 Å². The van der Waals surface area contributed by atoms with Gasteiger partial charge in [0, 0.05) is 14.1 Å². The number of rotatable bonds is 0. The molecule has 68 valence electrons. The van der Waals surface area contributed by atoms with Crippen LogP contribution < -0.4 is 11.2 Å². The summed E-state index contributed by atoms with van der Waals surface area (Å²) in [5.74, 6) is 0. The molecule has 0 aliphatic carbocycles. The Morgan fingerprint density at radius 1 is 1.31 bits per heavy atom. The average Bonchev–Trinajstić information content (AvgIpc) is 2.59. The molecule has 0 saturated heterocycles. The van der Waals surface area contributed by atoms with Crippen LogP contribution in [-0.4, -0.2) is 14.1 Å². The van der Waals surface area contributed by atoms with Crippen LogP contribution in [0.25, 0.3) is 11.2 Å². The zero-order valence-electron chi connectivity index (χ0n) is 7.14. The third kappa shape index (κ3) is 0.851. The number of aromatic nitrogens is 3. The topological polar surface area (TPSA) is 70.0 Å². The molecule has 0 aliphatic rings. The van der Waals surface area contributed by atoms with Crippen LogP contribution in [0.2, 0.25) is 0 Å². The third-order valence-electron chi connectivity index (χ3n) is 1.93. The van der Waals surface area contributed by atoms with Crippen LogP contribution in [0, 0.1) is 0 Å². The molecule has 2 heterocycles. The molecule has 0 saturated carbocycles. The minimum absolute atomic E-state index is 0.171. The Bertz CT molecular complexity index is 575. The monoisotopic (exact) mass is 181 g/mol. The highest BCUT2D eigenvalue weighted by Gasteiger charge is 2.11. The summed E-state index contributed by atoms with van der Waals surface area (Å²) < 4.78 is 7.13. The van der Waals surface area contributed by atoms with Crippen molar-refractivity contribution < 1.29 is 4.42 Å². The van der Waals surface area contributed by atoms with Crippen molar-refractivity contribution >= 4 is 11.2 Å². The van der Waals surface area contributed by atoms with Gasteiger partial charge in [-0.2, -0.15) is 0 Å². The van der Waals surface area contributed by atoms with Crippen LogP contribution in [0.3, 0.4) is 0 Å². The highest BCUT2D eigenvalue weighted by molar-refractivity contribution is 5.66. The van der Waals surface area contributed by atoms with Crippen molar-refractivity contribution in [2.45, 2.75) is 0 Å². The van der Waals surface area contributed by atoms with Crippen LogP contribution in [0.1, 0.15) is 0 Å². The van der Waals surface area contributed by atoms with Crippen molar-refractivity contribution in [3.05, 3.63) is 27.2 Å². The number of hydrogen-bond donors (Lipinski definition) is 0. The second kappa shape index (κ2) is 2.32. The highest BCUT2D eigenvalue weighted by Crippen LogP contribution is 2.02. The van der Waals surface area contributed by atoms with Crippen LogP contribution in [0.4, 0.5) is 0 Å². The van der Waals surface area contributed by atoms with Gasteiger partial charge in [-0.3, -0.25) is 13.9 Å². The molecule has 0 aromatic carbocycles. The molecule has 0 atom stereocenters. The second-order valence-corrected chi connectivity index (χ2v) is 2.71. The van der Waals surface area contributed by atoms with Gasteiger partial charge in [-0.25, -0.2) is 9.78 Å². The number of fused-ring (bicyclic) bond motifs is 1. The second-order valence-electron chi connectivity index (χ2n) is 2.71. The number of aryl methyl sites for hydroxylation is 1. The SMILES string of the molecule is Cn1c(=O)c2ncoc2n(C)c1=O. The van der Waals surface area contributed by atoms with E-state index in [0.717, 1.165) is 11.0 Å². The Hall–Kier alpha value is -1.85. The average molecular weight is 181 g/mol. The van der Waals surface area contributed by atoms with Gasteiger partial charge in [0.15, 0.2) is 11.9 Å². The summed E-state index contributed by atoms with van der Waals surface area (Å²) in [4.78, 5) is 26.5. The van der Waals surface area contributed by atoms with Crippen molar-refractivity contribution in [3.8, 4) is 0 Å². The van der Waals surface area contributed by atoms with Gasteiger partial charge in [0.05, 0.1) is 0 Å². The van der Waals surface area contributed by atoms with Crippen molar-refractivity contribution in [3.63, 3.8) is 0 Å². The molecule has 2 aromatic rings. The summed E-state index contributed by atoms with van der Waals surface area (Å²) in [5, 5.41) is 0. The van der Waals surface area contributed by atoms with Crippen molar-refractivity contribution in [1.29, 1.82) is 0 Å². The van der Waals surface area contributed by atoms with Gasteiger partial charge < -0.3 is 4.42 Å². The fourth-order valence-electron chi connectivity index (χ4n) is 1.18. The molecule has 2 aromatic heterocycles. The Balaban J connectivity index is 3.21. The molecule has 0 bridgehead atoms. The molecule has 0 fully saturated rings. The molecule has 13 heavy (non-hydrogen) atoms. The minimum atomic E-state index is -0.438. The van der Waals surface area contributed by atoms with E-state index in [9.17, 15) is 9.59 Å². The maximum Gasteiger partial charge on any atom is 0.333 e. The Labute approximate surface area is 72.0 Å². The standard InChI is InChI=1S/C7H7N3O3/c1-9-5(11)4-6(13-3-8-4)10(2)7(9)12/h3H,1-2H3. The fraction of sp³-hybridized carbons (Fsp3) is 0.286. The van der Waals surface area contributed by atoms with E-state index >= 15 is 0 Å². The maximum atomic E-state index is 11.4. The van der Waals surface area contributed by atoms with Gasteiger partial charge in [-0.15, -0.1) is 0 Å². The van der Waals surface area contributed by atoms with Gasteiger partial charge in [0.1, 0.15) is 0 Å². The first-order valence-corrected chi connectivity index (χ1v) is 3.62. The lowest BCUT2D eigenvalue weighted by Crippen LogP contribution is -2.36. The van der Waals surface area contributed by atoms with Crippen LogP contribution in [0.5, 0.6) is 0 Å². The maximum absolute atomic E-state index is 11.4. The van der Waals surface area contributed by atoms with E-state index in [1.807, 2.05) is 0 Å². The van der Waals surface area contributed by atoms with Crippen molar-refractivity contribution in [1.82, 2.24) is 14.1 Å². The van der Waals surface area contributed by atoms with Crippen LogP contribution in [-0.2, 0) is 14.1 Å². The van der Waals surface area contributed by atoms with E-state index in [1.54, 1.807) is 0 Å². The van der Waals surface area contributed by atoms with E-state index in [2.05, 4.69) is 4.98 Å². The third-order valence-corrected chi connectivity index (χ3v) is 1.93. The van der Waals surface area contributed by atoms with Gasteiger partial charge in [-0.05, 0) is 0 Å². The molecule has 0 aliphatic heterocycles. The largest absolute Gasteiger partial charge is 0.427 e. The Morgan fingerprint density at radius 3 is 2.69 bits per heavy atom. The molecule has 0 N–H and O–H groups in total. The lowest BCUT2D eigenvalue weighted by atomic mass is 10.5. The summed E-state index contributed by atoms with van der Waals surface area (Å²) in [7, 11) is 2.92. The number of hydrogen-bond acceptors (Lipinski definition) is 4. The molecule has 0 spiro atoms. The normalized spacial score (nSPS) is 10.9. The molecule has 6 heteroatoms. The first-order valence-electron chi connectivity index (χ1n) is 3.62. The molecule has 0 amide bonds. The van der Waals surface area contributed by atoms with Crippen LogP contribution >= 0.6 is 0 Å². The molecular weight excluding hydrogens is 174 g/mol. The summed E-state index contributed by atoms with van der Waals surface area (Å²) in [6.45, 7) is 0. The fourth-order valence-corrected chi connectivity index (χ4v) is 1.18. The van der Waals surface area contributed by atoms with E-state index < -0.39 is 11.2 Å². The van der Waals surface area contributed by atoms with E-state index in [-0.39, 0.29) is 11.2 Å². The van der Waals surface area contributed by atoms with Crippen LogP contribution in [0.15, 0.2) is 20.4 Å². The van der Waals surface area contributed by atoms with E-state index in [4.69, 9.17) is 4.42 Å². The smallest absolute Gasteiger partial charge is 0.333 e. The van der Waals surface area contributed by atoms with Gasteiger partial charge in [0.2, 0.25) is 5.71 Å². The predicted octanol–water partition coefficient (Wildman–Crippen LogP) is -0.775. The predicted molar refractivity (Wildman–Crippen MR) is 44.5 cm³/mol. The quantitative estimate of drug-likeness (QED) is 0.534. The molecule has 0 radical (unpaired) electrons. The minimum Gasteiger partial charge on any atom is -0.427 e. The zero-order chi connectivity index (χ0) is 9.59. The zero-order valence-corrected chi connectivity index (χ0v) is 7.14. The van der Waals surface area contributed by atoms with E-state index in [1.165, 1.54) is 18.7 Å². The number of oxazole rings is 1. The molecule has 0 unspecified atom stereocenters. The van der Waals surface area contributed by atoms with Crippen molar-refractivity contribution in [2.75, 3.05) is 0 Å². The summed E-state index contributed by atoms with van der Waals surface area (Å²) >= 11 is 0. The summed E-state index contributed by atoms with van der Waals surface area (Å²) in [6, 6.07) is 0. The number of nitrogens with zero attached hydrogens (tertiary/aromatic N) is 3. The lowest BCUT2D eigenvalue weighted by Gasteiger charge is -1.99. The van der Waals surface area contributed by atoms with Gasteiger partial charge in [-0.1, -0.05) is 0 Å². The molecule has 6 nitrogen and oxygen atoms in total. The molecular formula is C7H7N3O3. The first-order chi connectivity index (χ1) is 6.13. The summed E-state index contributed by atoms with van der Waals surface area (Å²) in [5.41, 5.74) is -0.487. The van der Waals surface area contributed by atoms with Crippen molar-refractivity contribution in [2.24, 2.45) is 14.1 Å². The Kier molecular flexibility index (Phi) is 1.39. The van der Waals surface area contributed by atoms with E-state index in [0.29, 0.717) is 0 Å². The highest BCUT2D eigenvalue weighted by atomic mass is 16.3. The summed E-state index contributed by atoms with van der Waals surface area (Å²) in [6.07, 6.45) is 1.14.